The van der Waals surface area contributed by atoms with Gasteiger partial charge in [0.1, 0.15) is 0 Å². The van der Waals surface area contributed by atoms with Gasteiger partial charge in [-0.25, -0.2) is 0 Å². The number of pyridine rings is 1. The molecule has 6 heteroatoms. The lowest BCUT2D eigenvalue weighted by molar-refractivity contribution is -0.119. The van der Waals surface area contributed by atoms with Crippen LogP contribution in [0.15, 0.2) is 54.4 Å². The van der Waals surface area contributed by atoms with Crippen molar-refractivity contribution in [3.63, 3.8) is 0 Å². The van der Waals surface area contributed by atoms with E-state index >= 15 is 0 Å². The van der Waals surface area contributed by atoms with Crippen LogP contribution in [-0.2, 0) is 4.79 Å². The number of hydrogen-bond donors (Lipinski definition) is 1. The Morgan fingerprint density at radius 3 is 2.61 bits per heavy atom. The first-order valence-corrected chi connectivity index (χ1v) is 10.9. The summed E-state index contributed by atoms with van der Waals surface area (Å²) in [6.07, 6.45) is 4.65. The van der Waals surface area contributed by atoms with Crippen molar-refractivity contribution in [2.75, 3.05) is 26.2 Å². The van der Waals surface area contributed by atoms with Gasteiger partial charge in [0.05, 0.1) is 17.3 Å². The van der Waals surface area contributed by atoms with Crippen molar-refractivity contribution in [1.29, 1.82) is 0 Å². The first-order chi connectivity index (χ1) is 14.9. The number of aromatic nitrogens is 1. The van der Waals surface area contributed by atoms with Gasteiger partial charge in [-0.05, 0) is 43.0 Å². The van der Waals surface area contributed by atoms with Crippen LogP contribution >= 0.6 is 0 Å². The number of amides is 2. The molecule has 0 radical (unpaired) electrons. The fraction of sp³-hybridized carbons (Fsp3) is 0.400. The summed E-state index contributed by atoms with van der Waals surface area (Å²) in [5.74, 6) is 0.425. The summed E-state index contributed by atoms with van der Waals surface area (Å²) in [6.45, 7) is 8.88. The molecule has 1 unspecified atom stereocenters. The molecule has 2 aliphatic heterocycles. The van der Waals surface area contributed by atoms with Crippen LogP contribution in [0.5, 0.6) is 0 Å². The number of aryl methyl sites for hydroxylation is 2. The van der Waals surface area contributed by atoms with Crippen LogP contribution in [0.3, 0.4) is 0 Å². The van der Waals surface area contributed by atoms with E-state index in [-0.39, 0.29) is 17.9 Å². The Morgan fingerprint density at radius 1 is 1.16 bits per heavy atom. The molecule has 0 spiro atoms. The molecule has 31 heavy (non-hydrogen) atoms. The zero-order valence-corrected chi connectivity index (χ0v) is 18.5. The maximum absolute atomic E-state index is 13.1. The van der Waals surface area contributed by atoms with Gasteiger partial charge in [0, 0.05) is 51.4 Å². The highest BCUT2D eigenvalue weighted by Crippen LogP contribution is 2.31. The Balaban J connectivity index is 1.38. The molecule has 1 saturated heterocycles. The minimum atomic E-state index is -0.00926. The van der Waals surface area contributed by atoms with Crippen LogP contribution < -0.4 is 5.32 Å². The number of benzene rings is 1. The standard InChI is InChI=1S/C25H30N4O2/c1-17-9-11-26-18(2)24(17)25(31)29-15-21-13-28(14-22(21)16-29)12-10-23(27-19(3)30)20-7-5-4-6-8-20/h4-9,11,15,22-23H,10,12-14,16H2,1-3H3,(H,27,30)/t22?,23-/m0/s1. The summed E-state index contributed by atoms with van der Waals surface area (Å²) in [4.78, 5) is 33.3. The fourth-order valence-electron chi connectivity index (χ4n) is 4.73. The van der Waals surface area contributed by atoms with Gasteiger partial charge in [-0.3, -0.25) is 19.5 Å². The number of carbonyl (C=O) groups is 2. The second kappa shape index (κ2) is 9.02. The lowest BCUT2D eigenvalue weighted by Gasteiger charge is -2.23. The lowest BCUT2D eigenvalue weighted by atomic mass is 10.0. The quantitative estimate of drug-likeness (QED) is 0.782. The van der Waals surface area contributed by atoms with Crippen molar-refractivity contribution in [3.8, 4) is 0 Å². The van der Waals surface area contributed by atoms with E-state index in [4.69, 9.17) is 0 Å². The van der Waals surface area contributed by atoms with Crippen LogP contribution in [0.25, 0.3) is 0 Å². The van der Waals surface area contributed by atoms with Gasteiger partial charge in [0.25, 0.3) is 5.91 Å². The van der Waals surface area contributed by atoms with E-state index in [0.29, 0.717) is 5.92 Å². The Kier molecular flexibility index (Phi) is 6.18. The molecule has 162 valence electrons. The molecule has 0 aliphatic carbocycles. The highest BCUT2D eigenvalue weighted by atomic mass is 16.2. The minimum absolute atomic E-state index is 0.00926. The molecular formula is C25H30N4O2. The number of hydrogen-bond acceptors (Lipinski definition) is 4. The van der Waals surface area contributed by atoms with Crippen molar-refractivity contribution in [1.82, 2.24) is 20.1 Å². The van der Waals surface area contributed by atoms with E-state index in [1.54, 1.807) is 13.1 Å². The van der Waals surface area contributed by atoms with Crippen LogP contribution in [0.1, 0.15) is 46.6 Å². The number of carbonyl (C=O) groups excluding carboxylic acids is 2. The predicted molar refractivity (Wildman–Crippen MR) is 120 cm³/mol. The molecule has 0 saturated carbocycles. The number of likely N-dealkylation sites (tertiary alicyclic amines) is 1. The molecule has 1 N–H and O–H groups in total. The topological polar surface area (TPSA) is 65.5 Å². The second-order valence-corrected chi connectivity index (χ2v) is 8.63. The van der Waals surface area contributed by atoms with Gasteiger partial charge in [-0.15, -0.1) is 0 Å². The highest BCUT2D eigenvalue weighted by molar-refractivity contribution is 5.97. The molecule has 1 fully saturated rings. The molecule has 2 aromatic rings. The summed E-state index contributed by atoms with van der Waals surface area (Å²) in [6, 6.07) is 12.0. The van der Waals surface area contributed by atoms with Crippen molar-refractivity contribution >= 4 is 11.8 Å². The fourth-order valence-corrected chi connectivity index (χ4v) is 4.73. The zero-order valence-electron chi connectivity index (χ0n) is 18.5. The first kappa shape index (κ1) is 21.2. The van der Waals surface area contributed by atoms with Crippen molar-refractivity contribution in [2.45, 2.75) is 33.2 Å². The Labute approximate surface area is 184 Å². The maximum atomic E-state index is 13.1. The van der Waals surface area contributed by atoms with Crippen LogP contribution in [0, 0.1) is 19.8 Å². The number of nitrogens with zero attached hydrogens (tertiary/aromatic N) is 3. The predicted octanol–water partition coefficient (Wildman–Crippen LogP) is 3.24. The molecule has 2 atom stereocenters. The number of rotatable bonds is 6. The van der Waals surface area contributed by atoms with Gasteiger partial charge < -0.3 is 10.2 Å². The average molecular weight is 419 g/mol. The van der Waals surface area contributed by atoms with Crippen molar-refractivity contribution in [3.05, 3.63) is 76.8 Å². The first-order valence-electron chi connectivity index (χ1n) is 10.9. The van der Waals surface area contributed by atoms with Crippen LogP contribution in [-0.4, -0.2) is 52.8 Å². The average Bonchev–Trinajstić information content (AvgIpc) is 3.30. The second-order valence-electron chi connectivity index (χ2n) is 8.63. The molecule has 0 bridgehead atoms. The lowest BCUT2D eigenvalue weighted by Crippen LogP contribution is -2.33. The number of fused-ring (bicyclic) bond motifs is 1. The molecule has 6 nitrogen and oxygen atoms in total. The smallest absolute Gasteiger partial charge is 0.259 e. The van der Waals surface area contributed by atoms with Gasteiger partial charge in [-0.1, -0.05) is 30.3 Å². The van der Waals surface area contributed by atoms with Gasteiger partial charge >= 0.3 is 0 Å². The van der Waals surface area contributed by atoms with Gasteiger partial charge in [0.2, 0.25) is 5.91 Å². The summed E-state index contributed by atoms with van der Waals surface area (Å²) in [5, 5.41) is 3.08. The highest BCUT2D eigenvalue weighted by Gasteiger charge is 2.36. The summed E-state index contributed by atoms with van der Waals surface area (Å²) in [7, 11) is 0. The molecule has 3 heterocycles. The normalized spacial score (nSPS) is 19.1. The minimum Gasteiger partial charge on any atom is -0.349 e. The SMILES string of the molecule is CC(=O)N[C@@H](CCN1CC2=CN(C(=O)c3c(C)ccnc3C)CC2C1)c1ccccc1. The molecule has 1 aromatic carbocycles. The monoisotopic (exact) mass is 418 g/mol. The summed E-state index contributed by atoms with van der Waals surface area (Å²) < 4.78 is 0. The van der Waals surface area contributed by atoms with Gasteiger partial charge in [0.15, 0.2) is 0 Å². The van der Waals surface area contributed by atoms with E-state index in [1.807, 2.05) is 49.2 Å². The van der Waals surface area contributed by atoms with Crippen LogP contribution in [0.2, 0.25) is 0 Å². The van der Waals surface area contributed by atoms with E-state index < -0.39 is 0 Å². The third kappa shape index (κ3) is 4.69. The van der Waals surface area contributed by atoms with E-state index in [2.05, 4.69) is 27.3 Å². The van der Waals surface area contributed by atoms with E-state index in [1.165, 1.54) is 5.57 Å². The van der Waals surface area contributed by atoms with E-state index in [9.17, 15) is 9.59 Å². The zero-order chi connectivity index (χ0) is 22.0. The Hall–Kier alpha value is -2.99. The maximum Gasteiger partial charge on any atom is 0.259 e. The molecule has 2 amide bonds. The third-order valence-corrected chi connectivity index (χ3v) is 6.28. The third-order valence-electron chi connectivity index (χ3n) is 6.28. The van der Waals surface area contributed by atoms with Crippen LogP contribution in [0.4, 0.5) is 0 Å². The summed E-state index contributed by atoms with van der Waals surface area (Å²) in [5.41, 5.74) is 4.93. The molecule has 4 rings (SSSR count). The van der Waals surface area contributed by atoms with Crippen molar-refractivity contribution in [2.24, 2.45) is 5.92 Å². The molecule has 1 aromatic heterocycles. The van der Waals surface area contributed by atoms with Crippen molar-refractivity contribution < 1.29 is 9.59 Å². The van der Waals surface area contributed by atoms with Gasteiger partial charge in [-0.2, -0.15) is 0 Å². The Morgan fingerprint density at radius 2 is 1.94 bits per heavy atom. The van der Waals surface area contributed by atoms with E-state index in [0.717, 1.165) is 55.0 Å². The largest absolute Gasteiger partial charge is 0.349 e. The summed E-state index contributed by atoms with van der Waals surface area (Å²) >= 11 is 0. The molecule has 2 aliphatic rings. The molecular weight excluding hydrogens is 388 g/mol. The number of nitrogens with one attached hydrogen (secondary N) is 1. The Bertz CT molecular complexity index is 982.